The topological polar surface area (TPSA) is 84.3 Å². The van der Waals surface area contributed by atoms with E-state index in [4.69, 9.17) is 0 Å². The maximum absolute atomic E-state index is 12.4. The molecule has 6 heteroatoms. The van der Waals surface area contributed by atoms with E-state index in [0.717, 1.165) is 24.1 Å². The first kappa shape index (κ1) is 16.0. The minimum Gasteiger partial charge on any atom is -0.383 e. The van der Waals surface area contributed by atoms with Gasteiger partial charge in [-0.05, 0) is 30.5 Å². The van der Waals surface area contributed by atoms with Crippen LogP contribution in [-0.4, -0.2) is 23.9 Å². The van der Waals surface area contributed by atoms with Crippen molar-refractivity contribution in [3.63, 3.8) is 0 Å². The van der Waals surface area contributed by atoms with Gasteiger partial charge in [0.2, 0.25) is 5.91 Å². The van der Waals surface area contributed by atoms with Gasteiger partial charge < -0.3 is 10.6 Å². The summed E-state index contributed by atoms with van der Waals surface area (Å²) in [6.45, 7) is 1.07. The van der Waals surface area contributed by atoms with Gasteiger partial charge in [-0.3, -0.25) is 14.9 Å². The smallest absolute Gasteiger partial charge is 0.269 e. The third-order valence-electron chi connectivity index (χ3n) is 4.33. The van der Waals surface area contributed by atoms with Crippen LogP contribution in [0.15, 0.2) is 54.6 Å². The molecule has 0 atom stereocenters. The second-order valence-corrected chi connectivity index (χ2v) is 5.93. The average Bonchev–Trinajstić information content (AvgIpc) is 3.42. The van der Waals surface area contributed by atoms with Crippen LogP contribution in [0.5, 0.6) is 0 Å². The molecule has 2 aromatic carbocycles. The molecule has 1 aliphatic carbocycles. The Morgan fingerprint density at radius 2 is 1.71 bits per heavy atom. The van der Waals surface area contributed by atoms with Gasteiger partial charge in [-0.1, -0.05) is 30.3 Å². The first-order valence-corrected chi connectivity index (χ1v) is 7.94. The lowest BCUT2D eigenvalue weighted by molar-refractivity contribution is -0.384. The van der Waals surface area contributed by atoms with E-state index in [2.05, 4.69) is 10.6 Å². The number of anilines is 1. The van der Waals surface area contributed by atoms with Crippen LogP contribution in [0, 0.1) is 10.1 Å². The molecule has 0 heterocycles. The van der Waals surface area contributed by atoms with E-state index in [9.17, 15) is 14.9 Å². The van der Waals surface area contributed by atoms with E-state index in [-0.39, 0.29) is 17.0 Å². The molecule has 1 saturated carbocycles. The Balaban J connectivity index is 1.47. The number of carbonyl (C=O) groups is 1. The van der Waals surface area contributed by atoms with Crippen molar-refractivity contribution in [1.29, 1.82) is 0 Å². The summed E-state index contributed by atoms with van der Waals surface area (Å²) in [5, 5.41) is 16.7. The molecule has 0 spiro atoms. The fraction of sp³-hybridized carbons (Fsp3) is 0.278. The standard InChI is InChI=1S/C18H19N3O3/c22-17(18(10-11-18)14-4-2-1-3-5-14)20-13-12-19-15-6-8-16(9-7-15)21(23)24/h1-9,19H,10-13H2,(H,20,22). The minimum atomic E-state index is -0.428. The summed E-state index contributed by atoms with van der Waals surface area (Å²) < 4.78 is 0. The molecule has 3 rings (SSSR count). The Hall–Kier alpha value is -2.89. The quantitative estimate of drug-likeness (QED) is 0.466. The number of nitro groups is 1. The minimum absolute atomic E-state index is 0.0624. The molecule has 124 valence electrons. The SMILES string of the molecule is O=C(NCCNc1ccc([N+](=O)[O-])cc1)C1(c2ccccc2)CC1. The Labute approximate surface area is 140 Å². The van der Waals surface area contributed by atoms with Gasteiger partial charge in [-0.25, -0.2) is 0 Å². The zero-order valence-corrected chi connectivity index (χ0v) is 13.2. The highest BCUT2D eigenvalue weighted by molar-refractivity contribution is 5.91. The van der Waals surface area contributed by atoms with E-state index < -0.39 is 4.92 Å². The van der Waals surface area contributed by atoms with Gasteiger partial charge in [-0.2, -0.15) is 0 Å². The van der Waals surface area contributed by atoms with Gasteiger partial charge in [0.25, 0.3) is 5.69 Å². The normalized spacial score (nSPS) is 14.7. The lowest BCUT2D eigenvalue weighted by atomic mass is 9.95. The van der Waals surface area contributed by atoms with Crippen LogP contribution in [0.2, 0.25) is 0 Å². The zero-order valence-electron chi connectivity index (χ0n) is 13.2. The first-order chi connectivity index (χ1) is 11.6. The number of benzene rings is 2. The second-order valence-electron chi connectivity index (χ2n) is 5.93. The number of nitrogens with one attached hydrogen (secondary N) is 2. The van der Waals surface area contributed by atoms with E-state index in [1.807, 2.05) is 30.3 Å². The summed E-state index contributed by atoms with van der Waals surface area (Å²) >= 11 is 0. The number of amides is 1. The molecule has 0 saturated heterocycles. The van der Waals surface area contributed by atoms with Crippen LogP contribution in [0.3, 0.4) is 0 Å². The van der Waals surface area contributed by atoms with Gasteiger partial charge in [0.1, 0.15) is 0 Å². The Morgan fingerprint density at radius 1 is 1.04 bits per heavy atom. The molecule has 1 amide bonds. The van der Waals surface area contributed by atoms with E-state index in [1.165, 1.54) is 12.1 Å². The third kappa shape index (κ3) is 3.37. The fourth-order valence-corrected chi connectivity index (χ4v) is 2.78. The second kappa shape index (κ2) is 6.70. The number of carbonyl (C=O) groups excluding carboxylic acids is 1. The van der Waals surface area contributed by atoms with Gasteiger partial charge in [0, 0.05) is 30.9 Å². The Kier molecular flexibility index (Phi) is 4.46. The highest BCUT2D eigenvalue weighted by atomic mass is 16.6. The molecule has 2 aromatic rings. The summed E-state index contributed by atoms with van der Waals surface area (Å²) in [5.74, 6) is 0.0687. The van der Waals surface area contributed by atoms with Crippen molar-refractivity contribution in [3.8, 4) is 0 Å². The zero-order chi connectivity index (χ0) is 17.0. The van der Waals surface area contributed by atoms with Crippen LogP contribution >= 0.6 is 0 Å². The van der Waals surface area contributed by atoms with Crippen molar-refractivity contribution >= 4 is 17.3 Å². The molecule has 0 radical (unpaired) electrons. The summed E-state index contributed by atoms with van der Waals surface area (Å²) in [6, 6.07) is 16.1. The number of nitrogens with zero attached hydrogens (tertiary/aromatic N) is 1. The highest BCUT2D eigenvalue weighted by Gasteiger charge is 2.50. The molecule has 24 heavy (non-hydrogen) atoms. The summed E-state index contributed by atoms with van der Waals surface area (Å²) in [5.41, 5.74) is 1.58. The highest BCUT2D eigenvalue weighted by Crippen LogP contribution is 2.48. The largest absolute Gasteiger partial charge is 0.383 e. The van der Waals surface area contributed by atoms with Gasteiger partial charge in [0.15, 0.2) is 0 Å². The fourth-order valence-electron chi connectivity index (χ4n) is 2.78. The number of non-ortho nitro benzene ring substituents is 1. The van der Waals surface area contributed by atoms with E-state index in [1.54, 1.807) is 12.1 Å². The Morgan fingerprint density at radius 3 is 2.29 bits per heavy atom. The van der Waals surface area contributed by atoms with Gasteiger partial charge in [0.05, 0.1) is 10.3 Å². The third-order valence-corrected chi connectivity index (χ3v) is 4.33. The number of nitro benzene ring substituents is 1. The van der Waals surface area contributed by atoms with E-state index >= 15 is 0 Å². The van der Waals surface area contributed by atoms with Crippen molar-refractivity contribution in [2.75, 3.05) is 18.4 Å². The van der Waals surface area contributed by atoms with Crippen molar-refractivity contribution in [2.45, 2.75) is 18.3 Å². The molecule has 0 unspecified atom stereocenters. The van der Waals surface area contributed by atoms with Crippen molar-refractivity contribution < 1.29 is 9.72 Å². The average molecular weight is 325 g/mol. The molecule has 0 aromatic heterocycles. The van der Waals surface area contributed by atoms with Crippen LogP contribution < -0.4 is 10.6 Å². The van der Waals surface area contributed by atoms with Crippen molar-refractivity contribution in [2.24, 2.45) is 0 Å². The van der Waals surface area contributed by atoms with Crippen LogP contribution in [0.25, 0.3) is 0 Å². The van der Waals surface area contributed by atoms with Crippen LogP contribution in [0.1, 0.15) is 18.4 Å². The molecular weight excluding hydrogens is 306 g/mol. The maximum Gasteiger partial charge on any atom is 0.269 e. The summed E-state index contributed by atoms with van der Waals surface area (Å²) in [4.78, 5) is 22.6. The molecule has 1 fully saturated rings. The Bertz CT molecular complexity index is 725. The molecule has 0 bridgehead atoms. The van der Waals surface area contributed by atoms with Crippen molar-refractivity contribution in [1.82, 2.24) is 5.32 Å². The molecule has 6 nitrogen and oxygen atoms in total. The van der Waals surface area contributed by atoms with E-state index in [0.29, 0.717) is 13.1 Å². The first-order valence-electron chi connectivity index (χ1n) is 7.94. The molecule has 2 N–H and O–H groups in total. The van der Waals surface area contributed by atoms with Crippen LogP contribution in [-0.2, 0) is 10.2 Å². The lowest BCUT2D eigenvalue weighted by Gasteiger charge is -2.16. The van der Waals surface area contributed by atoms with Gasteiger partial charge >= 0.3 is 0 Å². The molecule has 1 aliphatic rings. The number of rotatable bonds is 7. The number of hydrogen-bond donors (Lipinski definition) is 2. The number of hydrogen-bond acceptors (Lipinski definition) is 4. The summed E-state index contributed by atoms with van der Waals surface area (Å²) in [6.07, 6.45) is 1.78. The van der Waals surface area contributed by atoms with Crippen LogP contribution in [0.4, 0.5) is 11.4 Å². The lowest BCUT2D eigenvalue weighted by Crippen LogP contribution is -2.37. The monoisotopic (exact) mass is 325 g/mol. The molecule has 0 aliphatic heterocycles. The predicted molar refractivity (Wildman–Crippen MR) is 91.9 cm³/mol. The molecular formula is C18H19N3O3. The van der Waals surface area contributed by atoms with Gasteiger partial charge in [-0.15, -0.1) is 0 Å². The maximum atomic E-state index is 12.4. The predicted octanol–water partition coefficient (Wildman–Crippen LogP) is 2.85. The summed E-state index contributed by atoms with van der Waals surface area (Å²) in [7, 11) is 0. The van der Waals surface area contributed by atoms with Crippen molar-refractivity contribution in [3.05, 3.63) is 70.3 Å².